The lowest BCUT2D eigenvalue weighted by atomic mass is 9.92. The number of carbonyl (C=O) groups excluding carboxylic acids is 2. The third-order valence-electron chi connectivity index (χ3n) is 4.47. The predicted octanol–water partition coefficient (Wildman–Crippen LogP) is 1.86. The Morgan fingerprint density at radius 2 is 2.00 bits per heavy atom. The number of aryl methyl sites for hydroxylation is 1. The van der Waals surface area contributed by atoms with Crippen LogP contribution in [0.5, 0.6) is 0 Å². The van der Waals surface area contributed by atoms with Crippen molar-refractivity contribution < 1.29 is 18.7 Å². The Balaban J connectivity index is 1.73. The molecule has 2 aliphatic heterocycles. The zero-order valence-electron chi connectivity index (χ0n) is 13.2. The van der Waals surface area contributed by atoms with Crippen molar-refractivity contribution in [1.29, 1.82) is 0 Å². The number of likely N-dealkylation sites (tertiary alicyclic amines) is 1. The minimum atomic E-state index is -1.98. The van der Waals surface area contributed by atoms with Crippen LogP contribution in [0.2, 0.25) is 0 Å². The summed E-state index contributed by atoms with van der Waals surface area (Å²) in [7, 11) is 0. The molecule has 2 saturated heterocycles. The van der Waals surface area contributed by atoms with Gasteiger partial charge in [-0.3, -0.25) is 9.59 Å². The van der Waals surface area contributed by atoms with Crippen molar-refractivity contribution in [2.45, 2.75) is 25.4 Å². The summed E-state index contributed by atoms with van der Waals surface area (Å²) in [6, 6.07) is 1.88. The first-order valence-corrected chi connectivity index (χ1v) is 8.79. The number of morpholine rings is 1. The first kappa shape index (κ1) is 16.4. The summed E-state index contributed by atoms with van der Waals surface area (Å²) in [6.07, 6.45) is 0.680. The number of halogens is 1. The minimum Gasteiger partial charge on any atom is -0.378 e. The van der Waals surface area contributed by atoms with E-state index in [1.54, 1.807) is 0 Å². The highest BCUT2D eigenvalue weighted by atomic mass is 32.1. The number of rotatable bonds is 2. The molecule has 2 fully saturated rings. The lowest BCUT2D eigenvalue weighted by molar-refractivity contribution is -0.151. The molecule has 0 bridgehead atoms. The summed E-state index contributed by atoms with van der Waals surface area (Å²) in [6.45, 7) is 3.94. The average molecular weight is 340 g/mol. The number of ether oxygens (including phenoxy) is 1. The Hall–Kier alpha value is -1.47. The number of alkyl halides is 1. The Kier molecular flexibility index (Phi) is 4.68. The molecular formula is C16H21FN2O3S. The van der Waals surface area contributed by atoms with Gasteiger partial charge in [0.25, 0.3) is 11.8 Å². The molecule has 0 N–H and O–H groups in total. The van der Waals surface area contributed by atoms with Crippen LogP contribution >= 0.6 is 11.3 Å². The molecule has 0 aliphatic carbocycles. The number of carbonyl (C=O) groups is 2. The van der Waals surface area contributed by atoms with E-state index in [9.17, 15) is 9.59 Å². The molecule has 126 valence electrons. The van der Waals surface area contributed by atoms with Gasteiger partial charge < -0.3 is 14.5 Å². The smallest absolute Gasteiger partial charge is 0.264 e. The Bertz CT molecular complexity index is 600. The van der Waals surface area contributed by atoms with Gasteiger partial charge in [0.2, 0.25) is 5.67 Å². The maximum atomic E-state index is 15.3. The predicted molar refractivity (Wildman–Crippen MR) is 85.4 cm³/mol. The number of hydrogen-bond donors (Lipinski definition) is 0. The normalized spacial score (nSPS) is 25.5. The summed E-state index contributed by atoms with van der Waals surface area (Å²) >= 11 is 1.36. The Labute approximate surface area is 139 Å². The molecule has 1 atom stereocenters. The van der Waals surface area contributed by atoms with Crippen LogP contribution in [0.3, 0.4) is 0 Å². The fraction of sp³-hybridized carbons (Fsp3) is 0.625. The van der Waals surface area contributed by atoms with E-state index in [2.05, 4.69) is 0 Å². The van der Waals surface area contributed by atoms with Crippen LogP contribution in [0.15, 0.2) is 11.4 Å². The second kappa shape index (κ2) is 6.57. The third kappa shape index (κ3) is 3.26. The van der Waals surface area contributed by atoms with Gasteiger partial charge in [0.15, 0.2) is 0 Å². The van der Waals surface area contributed by atoms with Crippen LogP contribution in [0.25, 0.3) is 0 Å². The van der Waals surface area contributed by atoms with E-state index < -0.39 is 11.6 Å². The number of piperidine rings is 1. The molecule has 0 aromatic carbocycles. The van der Waals surface area contributed by atoms with Crippen LogP contribution in [-0.4, -0.2) is 66.7 Å². The summed E-state index contributed by atoms with van der Waals surface area (Å²) in [5.41, 5.74) is -1.08. The second-order valence-corrected chi connectivity index (χ2v) is 7.05. The molecule has 23 heavy (non-hydrogen) atoms. The van der Waals surface area contributed by atoms with Crippen LogP contribution in [0.1, 0.15) is 28.1 Å². The molecule has 0 radical (unpaired) electrons. The zero-order valence-corrected chi connectivity index (χ0v) is 14.0. The summed E-state index contributed by atoms with van der Waals surface area (Å²) in [4.78, 5) is 28.8. The lowest BCUT2D eigenvalue weighted by Crippen LogP contribution is -2.58. The fourth-order valence-electron chi connectivity index (χ4n) is 3.14. The minimum absolute atomic E-state index is 0.153. The van der Waals surface area contributed by atoms with E-state index in [-0.39, 0.29) is 18.9 Å². The molecule has 3 heterocycles. The van der Waals surface area contributed by atoms with Crippen molar-refractivity contribution >= 4 is 23.2 Å². The van der Waals surface area contributed by atoms with E-state index in [1.807, 2.05) is 18.4 Å². The largest absolute Gasteiger partial charge is 0.378 e. The van der Waals surface area contributed by atoms with Crippen molar-refractivity contribution in [2.24, 2.45) is 0 Å². The van der Waals surface area contributed by atoms with E-state index in [1.165, 1.54) is 21.1 Å². The summed E-state index contributed by atoms with van der Waals surface area (Å²) in [5.74, 6) is -0.671. The molecule has 3 rings (SSSR count). The highest BCUT2D eigenvalue weighted by Crippen LogP contribution is 2.30. The van der Waals surface area contributed by atoms with Gasteiger partial charge >= 0.3 is 0 Å². The van der Waals surface area contributed by atoms with E-state index in [0.717, 1.165) is 5.56 Å². The van der Waals surface area contributed by atoms with Gasteiger partial charge in [-0.15, -0.1) is 11.3 Å². The lowest BCUT2D eigenvalue weighted by Gasteiger charge is -2.39. The molecule has 7 heteroatoms. The maximum absolute atomic E-state index is 15.3. The third-order valence-corrected chi connectivity index (χ3v) is 5.47. The molecule has 2 aliphatic rings. The number of nitrogens with zero attached hydrogens (tertiary/aromatic N) is 2. The standard InChI is InChI=1S/C16H21FN2O3S/c1-12-3-10-23-13(12)14(20)19-5-2-4-16(17,11-19)15(21)18-6-8-22-9-7-18/h3,10H,2,4-9,11H2,1H3. The fourth-order valence-corrected chi connectivity index (χ4v) is 4.04. The topological polar surface area (TPSA) is 49.9 Å². The highest BCUT2D eigenvalue weighted by molar-refractivity contribution is 7.12. The van der Waals surface area contributed by atoms with Crippen LogP contribution < -0.4 is 0 Å². The van der Waals surface area contributed by atoms with Crippen LogP contribution in [0.4, 0.5) is 4.39 Å². The number of hydrogen-bond acceptors (Lipinski definition) is 4. The monoisotopic (exact) mass is 340 g/mol. The average Bonchev–Trinajstić information content (AvgIpc) is 3.00. The van der Waals surface area contributed by atoms with Gasteiger partial charge in [-0.2, -0.15) is 0 Å². The van der Waals surface area contributed by atoms with E-state index in [0.29, 0.717) is 44.1 Å². The maximum Gasteiger partial charge on any atom is 0.264 e. The van der Waals surface area contributed by atoms with Gasteiger partial charge in [-0.1, -0.05) is 0 Å². The van der Waals surface area contributed by atoms with Gasteiger partial charge in [-0.25, -0.2) is 4.39 Å². The van der Waals surface area contributed by atoms with Crippen molar-refractivity contribution in [2.75, 3.05) is 39.4 Å². The van der Waals surface area contributed by atoms with E-state index in [4.69, 9.17) is 4.74 Å². The molecule has 1 unspecified atom stereocenters. The number of thiophene rings is 1. The first-order chi connectivity index (χ1) is 11.0. The van der Waals surface area contributed by atoms with Crippen molar-refractivity contribution in [3.63, 3.8) is 0 Å². The Morgan fingerprint density at radius 3 is 2.65 bits per heavy atom. The summed E-state index contributed by atoms with van der Waals surface area (Å²) < 4.78 is 20.5. The van der Waals surface area contributed by atoms with Gasteiger partial charge in [0.1, 0.15) is 0 Å². The molecule has 0 spiro atoms. The molecule has 1 aromatic heterocycles. The quantitative estimate of drug-likeness (QED) is 0.826. The summed E-state index contributed by atoms with van der Waals surface area (Å²) in [5, 5.41) is 1.86. The molecule has 5 nitrogen and oxygen atoms in total. The van der Waals surface area contributed by atoms with Gasteiger partial charge in [0, 0.05) is 19.6 Å². The van der Waals surface area contributed by atoms with E-state index >= 15 is 4.39 Å². The number of amides is 2. The van der Waals surface area contributed by atoms with Gasteiger partial charge in [-0.05, 0) is 36.8 Å². The zero-order chi connectivity index (χ0) is 16.4. The van der Waals surface area contributed by atoms with Crippen molar-refractivity contribution in [3.8, 4) is 0 Å². The molecule has 2 amide bonds. The first-order valence-electron chi connectivity index (χ1n) is 7.91. The van der Waals surface area contributed by atoms with Gasteiger partial charge in [0.05, 0.1) is 24.6 Å². The highest BCUT2D eigenvalue weighted by Gasteiger charge is 2.46. The Morgan fingerprint density at radius 1 is 1.26 bits per heavy atom. The molecule has 0 saturated carbocycles. The second-order valence-electron chi connectivity index (χ2n) is 6.13. The van der Waals surface area contributed by atoms with Crippen LogP contribution in [0, 0.1) is 6.92 Å². The van der Waals surface area contributed by atoms with Crippen molar-refractivity contribution in [1.82, 2.24) is 9.80 Å². The van der Waals surface area contributed by atoms with Crippen LogP contribution in [-0.2, 0) is 9.53 Å². The SMILES string of the molecule is Cc1ccsc1C(=O)N1CCCC(F)(C(=O)N2CCOCC2)C1. The van der Waals surface area contributed by atoms with Crippen molar-refractivity contribution in [3.05, 3.63) is 21.9 Å². The molecular weight excluding hydrogens is 319 g/mol. The molecule has 1 aromatic rings.